The third-order valence-electron chi connectivity index (χ3n) is 10.7. The van der Waals surface area contributed by atoms with E-state index < -0.39 is 17.4 Å². The van der Waals surface area contributed by atoms with Crippen LogP contribution >= 0.6 is 24.8 Å². The van der Waals surface area contributed by atoms with Crippen LogP contribution in [0.2, 0.25) is 0 Å². The van der Waals surface area contributed by atoms with Crippen LogP contribution in [-0.2, 0) is 17.4 Å². The average molecular weight is 761 g/mol. The molecule has 0 amide bonds. The first-order valence-corrected chi connectivity index (χ1v) is 27.3. The van der Waals surface area contributed by atoms with E-state index in [2.05, 4.69) is 154 Å². The van der Waals surface area contributed by atoms with E-state index in [0.29, 0.717) is 0 Å². The Morgan fingerprint density at radius 2 is 0.875 bits per heavy atom. The molecule has 2 nitrogen and oxygen atoms in total. The van der Waals surface area contributed by atoms with Crippen molar-refractivity contribution in [3.8, 4) is 22.5 Å². The van der Waals surface area contributed by atoms with E-state index in [1.807, 2.05) is 24.5 Å². The molecule has 0 bridgehead atoms. The summed E-state index contributed by atoms with van der Waals surface area (Å²) in [6.45, 7) is 7.19. The Labute approximate surface area is 298 Å². The summed E-state index contributed by atoms with van der Waals surface area (Å²) >= 11 is -4.65. The van der Waals surface area contributed by atoms with E-state index in [1.165, 1.54) is 51.1 Å². The van der Waals surface area contributed by atoms with Gasteiger partial charge in [-0.2, -0.15) is 0 Å². The van der Waals surface area contributed by atoms with Gasteiger partial charge in [0.1, 0.15) is 0 Å². The van der Waals surface area contributed by atoms with Gasteiger partial charge >= 0.3 is 276 Å². The van der Waals surface area contributed by atoms with Crippen molar-refractivity contribution in [3.05, 3.63) is 179 Å². The first-order chi connectivity index (χ1) is 22.5. The Morgan fingerprint density at radius 3 is 1.25 bits per heavy atom. The number of fused-ring (bicyclic) bond motifs is 2. The fourth-order valence-electron chi connectivity index (χ4n) is 9.01. The standard InChI is InChI=1S/2C15H12N.2C6H5.2ClH.H2Si.Zr/c2*1-11-9-12-5-4-6-13(14(12)10-11)15-7-2-3-8-16-15;2*1-2-4-6-5-3-1;;;;/h2*2-10H,1H3;2*1-5H;2*1H;1H2;. The van der Waals surface area contributed by atoms with Gasteiger partial charge in [0.2, 0.25) is 0 Å². The van der Waals surface area contributed by atoms with E-state index >= 15 is 0 Å². The fraction of sp³-hybridized carbons (Fsp3) is 0.0952. The molecule has 2 aromatic heterocycles. The Balaban J connectivity index is 0.00000201. The van der Waals surface area contributed by atoms with Crippen molar-refractivity contribution in [2.75, 3.05) is 0 Å². The zero-order chi connectivity index (χ0) is 31.3. The van der Waals surface area contributed by atoms with Crippen LogP contribution in [0.5, 0.6) is 0 Å². The van der Waals surface area contributed by atoms with E-state index in [1.54, 1.807) is 0 Å². The summed E-state index contributed by atoms with van der Waals surface area (Å²) in [7, 11) is 0. The smallest absolute Gasteiger partial charge is 0.147 e. The van der Waals surface area contributed by atoms with Gasteiger partial charge in [0, 0.05) is 0 Å². The van der Waals surface area contributed by atoms with Gasteiger partial charge in [-0.3, -0.25) is 0 Å². The molecule has 8 rings (SSSR count). The number of aromatic nitrogens is 2. The molecule has 0 saturated carbocycles. The monoisotopic (exact) mass is 758 g/mol. The van der Waals surface area contributed by atoms with Crippen LogP contribution in [0, 0.1) is 0 Å². The molecule has 2 atom stereocenters. The third-order valence-corrected chi connectivity index (χ3v) is 38.9. The molecule has 2 aliphatic rings. The predicted molar refractivity (Wildman–Crippen MR) is 207 cm³/mol. The first-order valence-electron chi connectivity index (χ1n) is 16.1. The maximum Gasteiger partial charge on any atom is -0.147 e. The Morgan fingerprint density at radius 1 is 0.479 bits per heavy atom. The molecule has 238 valence electrons. The maximum absolute atomic E-state index is 4.80. The molecule has 0 radical (unpaired) electrons. The number of halogens is 2. The van der Waals surface area contributed by atoms with Crippen LogP contribution in [-0.4, -0.2) is 16.8 Å². The van der Waals surface area contributed by atoms with Crippen molar-refractivity contribution >= 4 is 50.4 Å². The molecule has 0 fully saturated rings. The second kappa shape index (κ2) is 13.3. The number of rotatable bonds is 6. The van der Waals surface area contributed by atoms with E-state index in [4.69, 9.17) is 9.97 Å². The quantitative estimate of drug-likeness (QED) is 0.158. The van der Waals surface area contributed by atoms with Crippen molar-refractivity contribution < 1.29 is 17.4 Å². The number of allylic oxidation sites excluding steroid dienone is 2. The number of pyridine rings is 2. The fourth-order valence-corrected chi connectivity index (χ4v) is 38.2. The second-order valence-corrected chi connectivity index (χ2v) is 35.8. The summed E-state index contributed by atoms with van der Waals surface area (Å²) < 4.78 is 3.58. The molecule has 2 aliphatic carbocycles. The van der Waals surface area contributed by atoms with Gasteiger partial charge in [-0.25, -0.2) is 0 Å². The van der Waals surface area contributed by atoms with Gasteiger partial charge in [0.05, 0.1) is 0 Å². The number of hydrogen-bond donors (Lipinski definition) is 0. The summed E-state index contributed by atoms with van der Waals surface area (Å²) in [5, 5.41) is 0. The van der Waals surface area contributed by atoms with Gasteiger partial charge in [0.25, 0.3) is 0 Å². The molecule has 0 N–H and O–H groups in total. The summed E-state index contributed by atoms with van der Waals surface area (Å²) in [6.07, 6.45) is 8.77. The molecule has 2 unspecified atom stereocenters. The molecular weight excluding hydrogens is 723 g/mol. The topological polar surface area (TPSA) is 25.8 Å². The predicted octanol–water partition coefficient (Wildman–Crippen LogP) is 9.16. The zero-order valence-corrected chi connectivity index (χ0v) is 32.6. The molecule has 4 aromatic carbocycles. The van der Waals surface area contributed by atoms with Crippen LogP contribution in [0.4, 0.5) is 0 Å². The van der Waals surface area contributed by atoms with E-state index in [-0.39, 0.29) is 32.1 Å². The minimum atomic E-state index is -4.65. The minimum Gasteiger partial charge on any atom is -0.147 e. The normalized spacial score (nSPS) is 16.5. The molecule has 0 spiro atoms. The maximum atomic E-state index is 4.80. The van der Waals surface area contributed by atoms with Gasteiger partial charge < -0.3 is 0 Å². The van der Waals surface area contributed by atoms with Crippen molar-refractivity contribution in [3.63, 3.8) is 0 Å². The average Bonchev–Trinajstić information content (AvgIpc) is 3.66. The molecule has 6 heteroatoms. The molecule has 48 heavy (non-hydrogen) atoms. The Hall–Kier alpha value is -3.66. The van der Waals surface area contributed by atoms with Gasteiger partial charge in [-0.15, -0.1) is 24.8 Å². The van der Waals surface area contributed by atoms with Crippen molar-refractivity contribution in [1.82, 2.24) is 9.97 Å². The Kier molecular flexibility index (Phi) is 9.50. The molecule has 0 aliphatic heterocycles. The second-order valence-electron chi connectivity index (χ2n) is 13.1. The van der Waals surface area contributed by atoms with Gasteiger partial charge in [-0.1, -0.05) is 0 Å². The number of benzene rings is 4. The van der Waals surface area contributed by atoms with Gasteiger partial charge in [0.15, 0.2) is 0 Å². The van der Waals surface area contributed by atoms with Crippen LogP contribution in [0.3, 0.4) is 0 Å². The Bertz CT molecular complexity index is 2070. The van der Waals surface area contributed by atoms with Crippen LogP contribution in [0.1, 0.15) is 43.4 Å². The van der Waals surface area contributed by atoms with Gasteiger partial charge in [-0.05, 0) is 0 Å². The van der Waals surface area contributed by atoms with Crippen molar-refractivity contribution in [1.29, 1.82) is 0 Å². The summed E-state index contributed by atoms with van der Waals surface area (Å²) in [6, 6.07) is 49.5. The SMILES string of the molecule is CC1=Cc2c(-c3ccccn3)cccc2[CH]1[Zr](=[SiH2])([c]1ccccc1)([c]1ccccc1)[CH]1C(C)=Cc2c(-c3ccccn3)cccc21.Cl.Cl. The molecule has 6 aromatic rings. The number of nitrogens with zero attached hydrogens (tertiary/aromatic N) is 2. The van der Waals surface area contributed by atoms with Crippen molar-refractivity contribution in [2.24, 2.45) is 0 Å². The van der Waals surface area contributed by atoms with Crippen molar-refractivity contribution in [2.45, 2.75) is 21.1 Å². The number of hydrogen-bond acceptors (Lipinski definition) is 2. The van der Waals surface area contributed by atoms with Crippen LogP contribution in [0.25, 0.3) is 34.7 Å². The molecule has 2 heterocycles. The summed E-state index contributed by atoms with van der Waals surface area (Å²) in [4.78, 5) is 9.61. The van der Waals surface area contributed by atoms with E-state index in [9.17, 15) is 0 Å². The zero-order valence-electron chi connectivity index (χ0n) is 27.1. The minimum absolute atomic E-state index is 0. The third kappa shape index (κ3) is 5.00. The summed E-state index contributed by atoms with van der Waals surface area (Å²) in [5.74, 6) is 0. The molecule has 0 saturated heterocycles. The van der Waals surface area contributed by atoms with Crippen LogP contribution < -0.4 is 6.54 Å². The summed E-state index contributed by atoms with van der Waals surface area (Å²) in [5.41, 5.74) is 12.9. The first kappa shape index (κ1) is 34.2. The van der Waals surface area contributed by atoms with Crippen LogP contribution in [0.15, 0.2) is 157 Å². The van der Waals surface area contributed by atoms with E-state index in [0.717, 1.165) is 11.4 Å². The molecular formula is C42H38Cl2N2SiZr. The largest absolute Gasteiger partial charge is 0.147 e.